The maximum atomic E-state index is 13.0. The van der Waals surface area contributed by atoms with Crippen LogP contribution in [-0.2, 0) is 20.7 Å². The minimum Gasteiger partial charge on any atom is -0.447 e. The van der Waals surface area contributed by atoms with Crippen LogP contribution in [0.2, 0.25) is 0 Å². The summed E-state index contributed by atoms with van der Waals surface area (Å²) in [5, 5.41) is 3.83. The molecule has 1 atom stereocenters. The first-order valence-electron chi connectivity index (χ1n) is 8.98. The Morgan fingerprint density at radius 3 is 2.45 bits per heavy atom. The van der Waals surface area contributed by atoms with Crippen molar-refractivity contribution >= 4 is 11.9 Å². The number of rotatable bonds is 7. The molecule has 0 unspecified atom stereocenters. The molecule has 1 heterocycles. The van der Waals surface area contributed by atoms with Gasteiger partial charge < -0.3 is 14.2 Å². The van der Waals surface area contributed by atoms with E-state index < -0.39 is 12.1 Å². The van der Waals surface area contributed by atoms with Crippen molar-refractivity contribution in [1.29, 1.82) is 0 Å². The minimum atomic E-state index is -1.02. The van der Waals surface area contributed by atoms with Gasteiger partial charge in [-0.25, -0.2) is 4.39 Å². The second kappa shape index (κ2) is 9.09. The molecule has 7 nitrogen and oxygen atoms in total. The van der Waals surface area contributed by atoms with Gasteiger partial charge in [-0.2, -0.15) is 4.98 Å². The number of nitrogens with zero attached hydrogens (tertiary/aromatic N) is 3. The Morgan fingerprint density at radius 2 is 1.79 bits per heavy atom. The van der Waals surface area contributed by atoms with E-state index in [2.05, 4.69) is 10.1 Å². The van der Waals surface area contributed by atoms with Crippen LogP contribution in [0.5, 0.6) is 0 Å². The van der Waals surface area contributed by atoms with Gasteiger partial charge in [-0.05, 0) is 24.3 Å². The summed E-state index contributed by atoms with van der Waals surface area (Å²) in [4.78, 5) is 30.3. The second-order valence-corrected chi connectivity index (χ2v) is 6.53. The van der Waals surface area contributed by atoms with Crippen molar-refractivity contribution < 1.29 is 23.2 Å². The third-order valence-electron chi connectivity index (χ3n) is 4.13. The van der Waals surface area contributed by atoms with E-state index in [-0.39, 0.29) is 30.5 Å². The molecule has 1 amide bonds. The molecule has 0 saturated carbocycles. The molecule has 0 bridgehead atoms. The highest BCUT2D eigenvalue weighted by Crippen LogP contribution is 2.21. The van der Waals surface area contributed by atoms with Gasteiger partial charge in [0.2, 0.25) is 17.8 Å². The van der Waals surface area contributed by atoms with Crippen molar-refractivity contribution in [3.63, 3.8) is 0 Å². The molecule has 3 aromatic rings. The molecule has 3 rings (SSSR count). The van der Waals surface area contributed by atoms with E-state index in [0.717, 1.165) is 0 Å². The number of likely N-dealkylation sites (N-methyl/N-ethyl adjacent to an activating group) is 1. The summed E-state index contributed by atoms with van der Waals surface area (Å²) in [7, 11) is 3.20. The van der Waals surface area contributed by atoms with Crippen molar-refractivity contribution in [2.75, 3.05) is 14.1 Å². The highest BCUT2D eigenvalue weighted by molar-refractivity contribution is 5.84. The van der Waals surface area contributed by atoms with Crippen LogP contribution in [0.1, 0.15) is 24.0 Å². The number of carbonyl (C=O) groups is 2. The maximum absolute atomic E-state index is 13.0. The number of benzene rings is 2. The molecule has 0 N–H and O–H groups in total. The maximum Gasteiger partial charge on any atom is 0.307 e. The van der Waals surface area contributed by atoms with E-state index in [9.17, 15) is 14.0 Å². The van der Waals surface area contributed by atoms with Gasteiger partial charge in [0.25, 0.3) is 5.91 Å². The predicted molar refractivity (Wildman–Crippen MR) is 102 cm³/mol. The number of esters is 1. The number of aryl methyl sites for hydroxylation is 1. The number of aromatic nitrogens is 2. The fraction of sp³-hybridized carbons (Fsp3) is 0.238. The third-order valence-corrected chi connectivity index (χ3v) is 4.13. The topological polar surface area (TPSA) is 85.5 Å². The standard InChI is InChI=1S/C21H20FN3O4/c1-25(2)21(27)19(14-6-4-3-5-7-14)28-18(26)13-12-17-23-20(24-29-17)15-8-10-16(22)11-9-15/h3-11,19H,12-13H2,1-2H3/t19-/m1/s1. The molecule has 0 radical (unpaired) electrons. The Labute approximate surface area is 167 Å². The summed E-state index contributed by atoms with van der Waals surface area (Å²) in [6, 6.07) is 14.5. The van der Waals surface area contributed by atoms with Crippen LogP contribution in [0, 0.1) is 5.82 Å². The van der Waals surface area contributed by atoms with Crippen molar-refractivity contribution in [1.82, 2.24) is 15.0 Å². The quantitative estimate of drug-likeness (QED) is 0.569. The van der Waals surface area contributed by atoms with E-state index in [1.165, 1.54) is 29.2 Å². The lowest BCUT2D eigenvalue weighted by atomic mass is 10.1. The predicted octanol–water partition coefficient (Wildman–Crippen LogP) is 3.18. The first-order chi connectivity index (χ1) is 13.9. The smallest absolute Gasteiger partial charge is 0.307 e. The molecule has 0 aliphatic rings. The summed E-state index contributed by atoms with van der Waals surface area (Å²) in [5.41, 5.74) is 1.20. The second-order valence-electron chi connectivity index (χ2n) is 6.53. The molecule has 8 heteroatoms. The average Bonchev–Trinajstić information content (AvgIpc) is 3.20. The number of carbonyl (C=O) groups excluding carboxylic acids is 2. The SMILES string of the molecule is CN(C)C(=O)[C@H](OC(=O)CCc1nc(-c2ccc(F)cc2)no1)c1ccccc1. The molecule has 29 heavy (non-hydrogen) atoms. The number of halogens is 1. The van der Waals surface area contributed by atoms with E-state index in [1.54, 1.807) is 38.4 Å². The Hall–Kier alpha value is -3.55. The highest BCUT2D eigenvalue weighted by atomic mass is 19.1. The Balaban J connectivity index is 1.62. The zero-order valence-electron chi connectivity index (χ0n) is 16.0. The van der Waals surface area contributed by atoms with Gasteiger partial charge in [-0.15, -0.1) is 0 Å². The van der Waals surface area contributed by atoms with Crippen molar-refractivity contribution in [2.24, 2.45) is 0 Å². The molecule has 0 spiro atoms. The summed E-state index contributed by atoms with van der Waals surface area (Å²) in [5.74, 6) is -0.702. The van der Waals surface area contributed by atoms with Crippen molar-refractivity contribution in [3.05, 3.63) is 71.9 Å². The molecule has 0 aliphatic heterocycles. The Morgan fingerprint density at radius 1 is 1.10 bits per heavy atom. The van der Waals surface area contributed by atoms with Crippen LogP contribution in [0.3, 0.4) is 0 Å². The Bertz CT molecular complexity index is 971. The average molecular weight is 397 g/mol. The van der Waals surface area contributed by atoms with Gasteiger partial charge in [-0.3, -0.25) is 9.59 Å². The number of ether oxygens (including phenoxy) is 1. The van der Waals surface area contributed by atoms with Crippen LogP contribution in [0.4, 0.5) is 4.39 Å². The van der Waals surface area contributed by atoms with Crippen LogP contribution in [-0.4, -0.2) is 41.0 Å². The van der Waals surface area contributed by atoms with Gasteiger partial charge >= 0.3 is 5.97 Å². The minimum absolute atomic E-state index is 0.0326. The monoisotopic (exact) mass is 397 g/mol. The van der Waals surface area contributed by atoms with E-state index in [4.69, 9.17) is 9.26 Å². The van der Waals surface area contributed by atoms with Crippen LogP contribution >= 0.6 is 0 Å². The molecule has 0 fully saturated rings. The van der Waals surface area contributed by atoms with Gasteiger partial charge in [-0.1, -0.05) is 35.5 Å². The lowest BCUT2D eigenvalue weighted by molar-refractivity contribution is -0.159. The highest BCUT2D eigenvalue weighted by Gasteiger charge is 2.26. The molecular formula is C21H20FN3O4. The zero-order chi connectivity index (χ0) is 20.8. The zero-order valence-corrected chi connectivity index (χ0v) is 16.0. The summed E-state index contributed by atoms with van der Waals surface area (Å²) in [6.07, 6.45) is -0.893. The van der Waals surface area contributed by atoms with E-state index in [0.29, 0.717) is 17.0 Å². The lowest BCUT2D eigenvalue weighted by Gasteiger charge is -2.21. The van der Waals surface area contributed by atoms with Crippen LogP contribution in [0.15, 0.2) is 59.1 Å². The fourth-order valence-corrected chi connectivity index (χ4v) is 2.60. The largest absolute Gasteiger partial charge is 0.447 e. The van der Waals surface area contributed by atoms with E-state index in [1.807, 2.05) is 6.07 Å². The first kappa shape index (κ1) is 20.2. The summed E-state index contributed by atoms with van der Waals surface area (Å²) < 4.78 is 23.6. The molecule has 150 valence electrons. The van der Waals surface area contributed by atoms with Crippen LogP contribution < -0.4 is 0 Å². The fourth-order valence-electron chi connectivity index (χ4n) is 2.60. The van der Waals surface area contributed by atoms with Crippen molar-refractivity contribution in [3.8, 4) is 11.4 Å². The van der Waals surface area contributed by atoms with Crippen molar-refractivity contribution in [2.45, 2.75) is 18.9 Å². The van der Waals surface area contributed by atoms with Gasteiger partial charge in [0.05, 0.1) is 6.42 Å². The normalized spacial score (nSPS) is 11.7. The molecule has 0 saturated heterocycles. The van der Waals surface area contributed by atoms with Gasteiger partial charge in [0, 0.05) is 31.6 Å². The summed E-state index contributed by atoms with van der Waals surface area (Å²) in [6.45, 7) is 0. The molecule has 1 aromatic heterocycles. The van der Waals surface area contributed by atoms with Gasteiger partial charge in [0.15, 0.2) is 0 Å². The summed E-state index contributed by atoms with van der Waals surface area (Å²) >= 11 is 0. The van der Waals surface area contributed by atoms with E-state index >= 15 is 0 Å². The van der Waals surface area contributed by atoms with Crippen LogP contribution in [0.25, 0.3) is 11.4 Å². The number of hydrogen-bond acceptors (Lipinski definition) is 6. The number of hydrogen-bond donors (Lipinski definition) is 0. The number of amides is 1. The molecular weight excluding hydrogens is 377 g/mol. The molecule has 2 aromatic carbocycles. The first-order valence-corrected chi connectivity index (χ1v) is 8.98. The molecule has 0 aliphatic carbocycles. The lowest BCUT2D eigenvalue weighted by Crippen LogP contribution is -2.31. The Kier molecular flexibility index (Phi) is 6.33. The van der Waals surface area contributed by atoms with Gasteiger partial charge in [0.1, 0.15) is 5.82 Å². The third kappa shape index (κ3) is 5.25.